The number of phenolic OH excluding ortho intramolecular Hbond substituents is 1. The summed E-state index contributed by atoms with van der Waals surface area (Å²) in [6.07, 6.45) is 2.62. The van der Waals surface area contributed by atoms with E-state index in [-0.39, 0.29) is 11.7 Å². The fraction of sp³-hybridized carbons (Fsp3) is 0.500. The first-order chi connectivity index (χ1) is 8.06. The minimum atomic E-state index is 0.0486. The van der Waals surface area contributed by atoms with Crippen LogP contribution in [-0.4, -0.2) is 11.0 Å². The minimum Gasteiger partial charge on any atom is -0.508 e. The molecule has 1 aromatic carbocycles. The molecule has 0 saturated heterocycles. The normalized spacial score (nSPS) is 10.6. The summed E-state index contributed by atoms with van der Waals surface area (Å²) < 4.78 is 0. The quantitative estimate of drug-likeness (QED) is 0.768. The van der Waals surface area contributed by atoms with Crippen molar-refractivity contribution in [1.82, 2.24) is 0 Å². The van der Waals surface area contributed by atoms with Crippen LogP contribution >= 0.6 is 0 Å². The van der Waals surface area contributed by atoms with Gasteiger partial charge in [-0.05, 0) is 36.6 Å². The average molecular weight is 235 g/mol. The number of carbonyl (C=O) groups excluding carboxylic acids is 1. The van der Waals surface area contributed by atoms with Crippen LogP contribution in [0, 0.1) is 12.8 Å². The number of hydrogen-bond acceptors (Lipinski definition) is 2. The SMILES string of the molecule is CCC(CC)CC(=O)Nc1ccc(O)cc1C. The van der Waals surface area contributed by atoms with Crippen LogP contribution in [0.2, 0.25) is 0 Å². The van der Waals surface area contributed by atoms with Crippen molar-refractivity contribution in [2.45, 2.75) is 40.0 Å². The van der Waals surface area contributed by atoms with Crippen molar-refractivity contribution in [1.29, 1.82) is 0 Å². The first-order valence-electron chi connectivity index (χ1n) is 6.16. The van der Waals surface area contributed by atoms with Gasteiger partial charge in [0.1, 0.15) is 5.75 Å². The molecule has 0 atom stereocenters. The molecule has 0 spiro atoms. The number of hydrogen-bond donors (Lipinski definition) is 2. The smallest absolute Gasteiger partial charge is 0.224 e. The Morgan fingerprint density at radius 1 is 1.35 bits per heavy atom. The lowest BCUT2D eigenvalue weighted by atomic mass is 9.99. The standard InChI is InChI=1S/C14H21NO2/c1-4-11(5-2)9-14(17)15-13-7-6-12(16)8-10(13)3/h6-8,11,16H,4-5,9H2,1-3H3,(H,15,17). The van der Waals surface area contributed by atoms with Crippen LogP contribution in [0.25, 0.3) is 0 Å². The molecule has 0 aromatic heterocycles. The molecule has 0 aliphatic carbocycles. The Morgan fingerprint density at radius 3 is 2.53 bits per heavy atom. The molecule has 0 aliphatic rings. The predicted molar refractivity (Wildman–Crippen MR) is 70.2 cm³/mol. The van der Waals surface area contributed by atoms with E-state index in [0.717, 1.165) is 24.1 Å². The fourth-order valence-electron chi connectivity index (χ4n) is 1.83. The number of aryl methyl sites for hydroxylation is 1. The second-order valence-electron chi connectivity index (χ2n) is 4.43. The van der Waals surface area contributed by atoms with Crippen LogP contribution in [0.3, 0.4) is 0 Å². The minimum absolute atomic E-state index is 0.0486. The summed E-state index contributed by atoms with van der Waals surface area (Å²) in [5.74, 6) is 0.723. The lowest BCUT2D eigenvalue weighted by Gasteiger charge is -2.13. The molecule has 2 N–H and O–H groups in total. The highest BCUT2D eigenvalue weighted by Crippen LogP contribution is 2.21. The van der Waals surface area contributed by atoms with Crippen molar-refractivity contribution in [3.8, 4) is 5.75 Å². The summed E-state index contributed by atoms with van der Waals surface area (Å²) in [5.41, 5.74) is 1.65. The van der Waals surface area contributed by atoms with Gasteiger partial charge in [-0.1, -0.05) is 26.7 Å². The van der Waals surface area contributed by atoms with E-state index in [9.17, 15) is 9.90 Å². The number of rotatable bonds is 5. The Bertz CT molecular complexity index is 384. The molecular formula is C14H21NO2. The molecule has 0 saturated carbocycles. The van der Waals surface area contributed by atoms with Crippen molar-refractivity contribution >= 4 is 11.6 Å². The van der Waals surface area contributed by atoms with Gasteiger partial charge in [0, 0.05) is 12.1 Å². The maximum Gasteiger partial charge on any atom is 0.224 e. The van der Waals surface area contributed by atoms with Gasteiger partial charge in [-0.15, -0.1) is 0 Å². The third-order valence-corrected chi connectivity index (χ3v) is 3.11. The number of aromatic hydroxyl groups is 1. The lowest BCUT2D eigenvalue weighted by Crippen LogP contribution is -2.16. The monoisotopic (exact) mass is 235 g/mol. The van der Waals surface area contributed by atoms with Crippen LogP contribution < -0.4 is 5.32 Å². The lowest BCUT2D eigenvalue weighted by molar-refractivity contribution is -0.117. The first kappa shape index (κ1) is 13.6. The van der Waals surface area contributed by atoms with Crippen molar-refractivity contribution in [2.75, 3.05) is 5.32 Å². The molecule has 0 heterocycles. The number of carbonyl (C=O) groups is 1. The summed E-state index contributed by atoms with van der Waals surface area (Å²) in [6, 6.07) is 4.96. The van der Waals surface area contributed by atoms with Gasteiger partial charge in [0.05, 0.1) is 0 Å². The molecule has 0 unspecified atom stereocenters. The molecular weight excluding hydrogens is 214 g/mol. The summed E-state index contributed by atoms with van der Waals surface area (Å²) in [7, 11) is 0. The van der Waals surface area contributed by atoms with E-state index in [2.05, 4.69) is 19.2 Å². The predicted octanol–water partition coefficient (Wildman–Crippen LogP) is 3.47. The summed E-state index contributed by atoms with van der Waals surface area (Å²) in [4.78, 5) is 11.8. The van der Waals surface area contributed by atoms with E-state index in [0.29, 0.717) is 12.3 Å². The molecule has 3 heteroatoms. The largest absolute Gasteiger partial charge is 0.508 e. The van der Waals surface area contributed by atoms with Gasteiger partial charge in [0.25, 0.3) is 0 Å². The maximum atomic E-state index is 11.8. The maximum absolute atomic E-state index is 11.8. The second kappa shape index (κ2) is 6.28. The number of amides is 1. The third kappa shape index (κ3) is 4.10. The summed E-state index contributed by atoms with van der Waals surface area (Å²) >= 11 is 0. The van der Waals surface area contributed by atoms with Crippen molar-refractivity contribution in [3.05, 3.63) is 23.8 Å². The van der Waals surface area contributed by atoms with Gasteiger partial charge >= 0.3 is 0 Å². The highest BCUT2D eigenvalue weighted by atomic mass is 16.3. The molecule has 1 rings (SSSR count). The van der Waals surface area contributed by atoms with E-state index in [1.165, 1.54) is 0 Å². The van der Waals surface area contributed by atoms with Gasteiger partial charge < -0.3 is 10.4 Å². The number of anilines is 1. The van der Waals surface area contributed by atoms with E-state index < -0.39 is 0 Å². The van der Waals surface area contributed by atoms with Gasteiger partial charge in [-0.2, -0.15) is 0 Å². The van der Waals surface area contributed by atoms with Crippen LogP contribution in [-0.2, 0) is 4.79 Å². The Labute approximate surface area is 103 Å². The van der Waals surface area contributed by atoms with Gasteiger partial charge in [-0.3, -0.25) is 4.79 Å². The Morgan fingerprint density at radius 2 is 2.00 bits per heavy atom. The van der Waals surface area contributed by atoms with Crippen molar-refractivity contribution in [3.63, 3.8) is 0 Å². The number of nitrogens with one attached hydrogen (secondary N) is 1. The Balaban J connectivity index is 2.62. The van der Waals surface area contributed by atoms with Crippen LogP contribution in [0.1, 0.15) is 38.7 Å². The summed E-state index contributed by atoms with van der Waals surface area (Å²) in [5, 5.41) is 12.2. The molecule has 0 aliphatic heterocycles. The number of benzene rings is 1. The van der Waals surface area contributed by atoms with Crippen LogP contribution in [0.4, 0.5) is 5.69 Å². The van der Waals surface area contributed by atoms with Crippen LogP contribution in [0.5, 0.6) is 5.75 Å². The highest BCUT2D eigenvalue weighted by molar-refractivity contribution is 5.91. The Kier molecular flexibility index (Phi) is 5.01. The zero-order chi connectivity index (χ0) is 12.8. The molecule has 3 nitrogen and oxygen atoms in total. The molecule has 17 heavy (non-hydrogen) atoms. The second-order valence-corrected chi connectivity index (χ2v) is 4.43. The summed E-state index contributed by atoms with van der Waals surface area (Å²) in [6.45, 7) is 6.08. The fourth-order valence-corrected chi connectivity index (χ4v) is 1.83. The highest BCUT2D eigenvalue weighted by Gasteiger charge is 2.11. The number of phenols is 1. The van der Waals surface area contributed by atoms with Crippen molar-refractivity contribution in [2.24, 2.45) is 5.92 Å². The van der Waals surface area contributed by atoms with Crippen molar-refractivity contribution < 1.29 is 9.90 Å². The van der Waals surface area contributed by atoms with E-state index >= 15 is 0 Å². The third-order valence-electron chi connectivity index (χ3n) is 3.11. The van der Waals surface area contributed by atoms with Gasteiger partial charge in [-0.25, -0.2) is 0 Å². The zero-order valence-corrected chi connectivity index (χ0v) is 10.8. The average Bonchev–Trinajstić information content (AvgIpc) is 2.29. The molecule has 1 amide bonds. The molecule has 94 valence electrons. The van der Waals surface area contributed by atoms with E-state index in [1.54, 1.807) is 18.2 Å². The zero-order valence-electron chi connectivity index (χ0n) is 10.8. The van der Waals surface area contributed by atoms with Crippen LogP contribution in [0.15, 0.2) is 18.2 Å². The van der Waals surface area contributed by atoms with E-state index in [4.69, 9.17) is 0 Å². The molecule has 0 bridgehead atoms. The molecule has 0 radical (unpaired) electrons. The van der Waals surface area contributed by atoms with Gasteiger partial charge in [0.15, 0.2) is 0 Å². The first-order valence-corrected chi connectivity index (χ1v) is 6.16. The Hall–Kier alpha value is -1.51. The molecule has 1 aromatic rings. The topological polar surface area (TPSA) is 49.3 Å². The van der Waals surface area contributed by atoms with Gasteiger partial charge in [0.2, 0.25) is 5.91 Å². The van der Waals surface area contributed by atoms with E-state index in [1.807, 2.05) is 6.92 Å². The molecule has 0 fully saturated rings.